The normalized spacial score (nSPS) is 23.2. The molecule has 2 unspecified atom stereocenters. The average molecular weight is 243 g/mol. The molecule has 2 rings (SSSR count). The molecule has 1 aromatic heterocycles. The topological polar surface area (TPSA) is 39.9 Å². The van der Waals surface area contributed by atoms with E-state index in [0.29, 0.717) is 6.04 Å². The minimum atomic E-state index is 0.203. The largest absolute Gasteiger partial charge is 0.294 e. The van der Waals surface area contributed by atoms with Gasteiger partial charge in [0.1, 0.15) is 0 Å². The maximum atomic E-state index is 9.20. The molecule has 2 atom stereocenters. The maximum absolute atomic E-state index is 9.20. The second kappa shape index (κ2) is 5.97. The molecule has 1 aliphatic rings. The van der Waals surface area contributed by atoms with Gasteiger partial charge in [0, 0.05) is 18.3 Å². The summed E-state index contributed by atoms with van der Waals surface area (Å²) < 4.78 is 0. The Morgan fingerprint density at radius 2 is 2.28 bits per heavy atom. The fraction of sp³-hybridized carbons (Fsp3) is 0.600. The molecule has 1 heterocycles. The highest BCUT2D eigenvalue weighted by Crippen LogP contribution is 2.30. The molecule has 18 heavy (non-hydrogen) atoms. The van der Waals surface area contributed by atoms with Gasteiger partial charge in [-0.3, -0.25) is 9.88 Å². The smallest absolute Gasteiger partial charge is 0.0672 e. The highest BCUT2D eigenvalue weighted by Gasteiger charge is 2.31. The Morgan fingerprint density at radius 3 is 2.94 bits per heavy atom. The number of nitriles is 1. The summed E-state index contributed by atoms with van der Waals surface area (Å²) in [6.07, 6.45) is 3.39. The molecule has 0 bridgehead atoms. The van der Waals surface area contributed by atoms with E-state index in [0.717, 1.165) is 37.3 Å². The summed E-state index contributed by atoms with van der Waals surface area (Å²) in [5.74, 6) is 0.203. The van der Waals surface area contributed by atoms with E-state index in [2.05, 4.69) is 35.0 Å². The van der Waals surface area contributed by atoms with Crippen LogP contribution in [0.3, 0.4) is 0 Å². The predicted molar refractivity (Wildman–Crippen MR) is 71.8 cm³/mol. The second-order valence-corrected chi connectivity index (χ2v) is 5.07. The maximum Gasteiger partial charge on any atom is 0.0672 e. The van der Waals surface area contributed by atoms with E-state index in [4.69, 9.17) is 0 Å². The lowest BCUT2D eigenvalue weighted by Gasteiger charge is -2.29. The number of hydrogen-bond acceptors (Lipinski definition) is 3. The molecule has 0 spiro atoms. The summed E-state index contributed by atoms with van der Waals surface area (Å²) in [5, 5.41) is 9.20. The van der Waals surface area contributed by atoms with Crippen molar-refractivity contribution in [3.63, 3.8) is 0 Å². The third kappa shape index (κ3) is 2.88. The molecule has 3 heteroatoms. The first-order chi connectivity index (χ1) is 8.74. The van der Waals surface area contributed by atoms with E-state index in [-0.39, 0.29) is 5.92 Å². The average Bonchev–Trinajstić information content (AvgIpc) is 2.84. The standard InChI is InChI=1S/C15H21N3/c1-3-18(15-9-5-7-13(15)10-16)11-14-8-4-6-12(2)17-14/h4,6,8,13,15H,3,5,7,9,11H2,1-2H3. The Bertz CT molecular complexity index is 436. The van der Waals surface area contributed by atoms with Gasteiger partial charge in [-0.1, -0.05) is 19.4 Å². The third-order valence-corrected chi connectivity index (χ3v) is 3.83. The monoisotopic (exact) mass is 243 g/mol. The Labute approximate surface area is 109 Å². The number of aryl methyl sites for hydroxylation is 1. The van der Waals surface area contributed by atoms with Crippen molar-refractivity contribution in [2.24, 2.45) is 5.92 Å². The summed E-state index contributed by atoms with van der Waals surface area (Å²) >= 11 is 0. The molecule has 0 N–H and O–H groups in total. The zero-order valence-electron chi connectivity index (χ0n) is 11.3. The van der Waals surface area contributed by atoms with Crippen LogP contribution in [0, 0.1) is 24.2 Å². The van der Waals surface area contributed by atoms with E-state index in [1.807, 2.05) is 13.0 Å². The predicted octanol–water partition coefficient (Wildman–Crippen LogP) is 2.90. The van der Waals surface area contributed by atoms with Crippen molar-refractivity contribution in [3.05, 3.63) is 29.6 Å². The van der Waals surface area contributed by atoms with Gasteiger partial charge in [0.25, 0.3) is 0 Å². The highest BCUT2D eigenvalue weighted by molar-refractivity contribution is 5.10. The molecule has 0 aromatic carbocycles. The van der Waals surface area contributed by atoms with Crippen molar-refractivity contribution in [3.8, 4) is 6.07 Å². The first kappa shape index (κ1) is 13.0. The summed E-state index contributed by atoms with van der Waals surface area (Å²) in [7, 11) is 0. The molecule has 0 saturated heterocycles. The van der Waals surface area contributed by atoms with Gasteiger partial charge in [-0.15, -0.1) is 0 Å². The van der Waals surface area contributed by atoms with Gasteiger partial charge in [-0.05, 0) is 38.4 Å². The summed E-state index contributed by atoms with van der Waals surface area (Å²) in [6, 6.07) is 9.04. The van der Waals surface area contributed by atoms with Gasteiger partial charge < -0.3 is 0 Å². The minimum absolute atomic E-state index is 0.203. The number of nitrogens with zero attached hydrogens (tertiary/aromatic N) is 3. The fourth-order valence-corrected chi connectivity index (χ4v) is 2.89. The van der Waals surface area contributed by atoms with E-state index in [9.17, 15) is 5.26 Å². The number of aromatic nitrogens is 1. The second-order valence-electron chi connectivity index (χ2n) is 5.07. The van der Waals surface area contributed by atoms with Crippen LogP contribution in [0.1, 0.15) is 37.6 Å². The molecular formula is C15H21N3. The van der Waals surface area contributed by atoms with Crippen molar-refractivity contribution in [1.82, 2.24) is 9.88 Å². The third-order valence-electron chi connectivity index (χ3n) is 3.83. The SMILES string of the molecule is CCN(Cc1cccc(C)n1)C1CCCC1C#N. The summed E-state index contributed by atoms with van der Waals surface area (Å²) in [6.45, 7) is 6.04. The Kier molecular flexibility index (Phi) is 4.33. The quantitative estimate of drug-likeness (QED) is 0.816. The number of hydrogen-bond donors (Lipinski definition) is 0. The molecule has 0 aliphatic heterocycles. The van der Waals surface area contributed by atoms with Crippen molar-refractivity contribution in [2.75, 3.05) is 6.54 Å². The van der Waals surface area contributed by atoms with Crippen LogP contribution in [0.5, 0.6) is 0 Å². The van der Waals surface area contributed by atoms with Crippen LogP contribution >= 0.6 is 0 Å². The lowest BCUT2D eigenvalue weighted by molar-refractivity contribution is 0.176. The molecule has 96 valence electrons. The molecule has 0 radical (unpaired) electrons. The van der Waals surface area contributed by atoms with Crippen LogP contribution in [0.2, 0.25) is 0 Å². The summed E-state index contributed by atoms with van der Waals surface area (Å²) in [4.78, 5) is 6.96. The Balaban J connectivity index is 2.08. The molecule has 3 nitrogen and oxygen atoms in total. The van der Waals surface area contributed by atoms with Gasteiger partial charge in [0.2, 0.25) is 0 Å². The lowest BCUT2D eigenvalue weighted by Crippen LogP contribution is -2.37. The first-order valence-electron chi connectivity index (χ1n) is 6.80. The molecule has 1 fully saturated rings. The number of rotatable bonds is 4. The van der Waals surface area contributed by atoms with Gasteiger partial charge in [0.05, 0.1) is 17.7 Å². The van der Waals surface area contributed by atoms with E-state index < -0.39 is 0 Å². The van der Waals surface area contributed by atoms with Gasteiger partial charge in [-0.25, -0.2) is 0 Å². The van der Waals surface area contributed by atoms with Crippen molar-refractivity contribution in [2.45, 2.75) is 45.7 Å². The minimum Gasteiger partial charge on any atom is -0.294 e. The van der Waals surface area contributed by atoms with Crippen LogP contribution in [0.15, 0.2) is 18.2 Å². The zero-order valence-corrected chi connectivity index (χ0v) is 11.3. The molecule has 1 aliphatic carbocycles. The zero-order chi connectivity index (χ0) is 13.0. The first-order valence-corrected chi connectivity index (χ1v) is 6.80. The van der Waals surface area contributed by atoms with Crippen LogP contribution in [0.25, 0.3) is 0 Å². The Morgan fingerprint density at radius 1 is 1.44 bits per heavy atom. The van der Waals surface area contributed by atoms with Crippen molar-refractivity contribution in [1.29, 1.82) is 5.26 Å². The van der Waals surface area contributed by atoms with E-state index in [1.54, 1.807) is 0 Å². The van der Waals surface area contributed by atoms with Crippen LogP contribution in [-0.2, 0) is 6.54 Å². The lowest BCUT2D eigenvalue weighted by atomic mass is 10.0. The van der Waals surface area contributed by atoms with Crippen molar-refractivity contribution >= 4 is 0 Å². The fourth-order valence-electron chi connectivity index (χ4n) is 2.89. The van der Waals surface area contributed by atoms with Crippen molar-refractivity contribution < 1.29 is 0 Å². The molecule has 1 saturated carbocycles. The molecule has 1 aromatic rings. The molecule has 0 amide bonds. The molecular weight excluding hydrogens is 222 g/mol. The highest BCUT2D eigenvalue weighted by atomic mass is 15.2. The number of pyridine rings is 1. The van der Waals surface area contributed by atoms with Crippen LogP contribution in [-0.4, -0.2) is 22.5 Å². The van der Waals surface area contributed by atoms with Crippen LogP contribution in [0.4, 0.5) is 0 Å². The van der Waals surface area contributed by atoms with E-state index >= 15 is 0 Å². The summed E-state index contributed by atoms with van der Waals surface area (Å²) in [5.41, 5.74) is 2.17. The van der Waals surface area contributed by atoms with E-state index in [1.165, 1.54) is 6.42 Å². The van der Waals surface area contributed by atoms with Crippen LogP contribution < -0.4 is 0 Å². The van der Waals surface area contributed by atoms with Gasteiger partial charge >= 0.3 is 0 Å². The van der Waals surface area contributed by atoms with Gasteiger partial charge in [-0.2, -0.15) is 5.26 Å². The van der Waals surface area contributed by atoms with Gasteiger partial charge in [0.15, 0.2) is 0 Å². The Hall–Kier alpha value is -1.40.